The number of nitrogens with one attached hydrogen (secondary N) is 1. The van der Waals surface area contributed by atoms with Crippen LogP contribution in [-0.4, -0.2) is 36.8 Å². The van der Waals surface area contributed by atoms with Gasteiger partial charge >= 0.3 is 0 Å². The number of nitrogens with zero attached hydrogens (tertiary/aromatic N) is 2. The molecule has 0 spiro atoms. The molecule has 3 aromatic rings. The van der Waals surface area contributed by atoms with E-state index in [0.29, 0.717) is 19.0 Å². The van der Waals surface area contributed by atoms with E-state index in [1.165, 1.54) is 12.4 Å². The molecule has 4 rings (SSSR count). The van der Waals surface area contributed by atoms with E-state index in [4.69, 9.17) is 26.8 Å². The van der Waals surface area contributed by atoms with Gasteiger partial charge in [-0.05, 0) is 48.6 Å². The molecule has 1 unspecified atom stereocenters. The molecular weight excluding hydrogens is 407 g/mol. The Labute approximate surface area is 179 Å². The number of hydrogen-bond donors (Lipinski definition) is 2. The summed E-state index contributed by atoms with van der Waals surface area (Å²) in [6.45, 7) is 2.02. The van der Waals surface area contributed by atoms with E-state index in [0.717, 1.165) is 53.6 Å². The Morgan fingerprint density at radius 2 is 2.17 bits per heavy atom. The highest BCUT2D eigenvalue weighted by Crippen LogP contribution is 2.36. The second kappa shape index (κ2) is 8.71. The van der Waals surface area contributed by atoms with Crippen molar-refractivity contribution in [3.8, 4) is 5.75 Å². The van der Waals surface area contributed by atoms with Gasteiger partial charge < -0.3 is 20.5 Å². The van der Waals surface area contributed by atoms with Crippen LogP contribution < -0.4 is 15.8 Å². The zero-order valence-corrected chi connectivity index (χ0v) is 17.5. The minimum absolute atomic E-state index is 0.104. The first kappa shape index (κ1) is 20.8. The van der Waals surface area contributed by atoms with Crippen LogP contribution in [-0.2, 0) is 16.8 Å². The van der Waals surface area contributed by atoms with Crippen LogP contribution in [0, 0.1) is 5.82 Å². The molecule has 2 heterocycles. The number of rotatable bonds is 6. The SMILES string of the molecule is COc1cc2ncnc(N)c2cc1CCCC1(c2ccc(F)c(Cl)c2)CNCCO1. The third-order valence-electron chi connectivity index (χ3n) is 5.61. The molecule has 1 atom stereocenters. The maximum atomic E-state index is 13.7. The fourth-order valence-electron chi connectivity index (χ4n) is 4.03. The first-order chi connectivity index (χ1) is 14.5. The molecule has 6 nitrogen and oxygen atoms in total. The number of nitrogen functional groups attached to an aromatic ring is 1. The summed E-state index contributed by atoms with van der Waals surface area (Å²) in [7, 11) is 1.64. The zero-order chi connectivity index (χ0) is 21.1. The van der Waals surface area contributed by atoms with Crippen molar-refractivity contribution in [3.05, 3.63) is 58.6 Å². The number of hydrogen-bond acceptors (Lipinski definition) is 6. The predicted molar refractivity (Wildman–Crippen MR) is 115 cm³/mol. The average Bonchev–Trinajstić information content (AvgIpc) is 2.76. The maximum absolute atomic E-state index is 13.7. The molecule has 1 aliphatic rings. The van der Waals surface area contributed by atoms with Crippen molar-refractivity contribution in [3.63, 3.8) is 0 Å². The first-order valence-electron chi connectivity index (χ1n) is 9.90. The smallest absolute Gasteiger partial charge is 0.141 e. The number of morpholine rings is 1. The summed E-state index contributed by atoms with van der Waals surface area (Å²) in [6.07, 6.45) is 3.77. The number of fused-ring (bicyclic) bond motifs is 1. The van der Waals surface area contributed by atoms with Gasteiger partial charge in [-0.15, -0.1) is 0 Å². The zero-order valence-electron chi connectivity index (χ0n) is 16.8. The highest BCUT2D eigenvalue weighted by molar-refractivity contribution is 6.30. The molecule has 1 aliphatic heterocycles. The van der Waals surface area contributed by atoms with E-state index in [-0.39, 0.29) is 5.02 Å². The van der Waals surface area contributed by atoms with E-state index in [9.17, 15) is 4.39 Å². The van der Waals surface area contributed by atoms with Gasteiger partial charge in [-0.1, -0.05) is 17.7 Å². The average molecular weight is 431 g/mol. The molecule has 1 saturated heterocycles. The van der Waals surface area contributed by atoms with Crippen molar-refractivity contribution in [1.82, 2.24) is 15.3 Å². The van der Waals surface area contributed by atoms with Crippen LogP contribution in [0.5, 0.6) is 5.75 Å². The van der Waals surface area contributed by atoms with E-state index < -0.39 is 11.4 Å². The number of methoxy groups -OCH3 is 1. The molecule has 30 heavy (non-hydrogen) atoms. The molecule has 0 amide bonds. The monoisotopic (exact) mass is 430 g/mol. The lowest BCUT2D eigenvalue weighted by atomic mass is 9.86. The third kappa shape index (κ3) is 4.05. The van der Waals surface area contributed by atoms with Crippen LogP contribution in [0.3, 0.4) is 0 Å². The molecule has 2 aromatic carbocycles. The maximum Gasteiger partial charge on any atom is 0.141 e. The van der Waals surface area contributed by atoms with Crippen LogP contribution in [0.25, 0.3) is 10.9 Å². The van der Waals surface area contributed by atoms with Gasteiger partial charge in [0, 0.05) is 24.5 Å². The number of aryl methyl sites for hydroxylation is 1. The highest BCUT2D eigenvalue weighted by atomic mass is 35.5. The molecular formula is C22H24ClFN4O2. The molecule has 0 saturated carbocycles. The van der Waals surface area contributed by atoms with E-state index in [2.05, 4.69) is 15.3 Å². The summed E-state index contributed by atoms with van der Waals surface area (Å²) >= 11 is 6.04. The van der Waals surface area contributed by atoms with Crippen molar-refractivity contribution in [2.45, 2.75) is 24.9 Å². The van der Waals surface area contributed by atoms with Gasteiger partial charge in [-0.3, -0.25) is 0 Å². The Morgan fingerprint density at radius 3 is 2.90 bits per heavy atom. The summed E-state index contributed by atoms with van der Waals surface area (Å²) in [6, 6.07) is 8.69. The van der Waals surface area contributed by atoms with Crippen molar-refractivity contribution in [2.24, 2.45) is 0 Å². The number of ether oxygens (including phenoxy) is 2. The Balaban J connectivity index is 1.57. The second-order valence-corrected chi connectivity index (χ2v) is 7.85. The van der Waals surface area contributed by atoms with Crippen LogP contribution in [0.4, 0.5) is 10.2 Å². The van der Waals surface area contributed by atoms with Gasteiger partial charge in [-0.2, -0.15) is 0 Å². The number of benzene rings is 2. The molecule has 3 N–H and O–H groups in total. The van der Waals surface area contributed by atoms with Crippen LogP contribution in [0.2, 0.25) is 5.02 Å². The molecule has 0 bridgehead atoms. The molecule has 1 aromatic heterocycles. The number of aromatic nitrogens is 2. The molecule has 8 heteroatoms. The first-order valence-corrected chi connectivity index (χ1v) is 10.3. The fourth-order valence-corrected chi connectivity index (χ4v) is 4.21. The highest BCUT2D eigenvalue weighted by Gasteiger charge is 2.35. The van der Waals surface area contributed by atoms with Gasteiger partial charge in [0.2, 0.25) is 0 Å². The summed E-state index contributed by atoms with van der Waals surface area (Å²) in [5.74, 6) is 0.781. The number of nitrogens with two attached hydrogens (primary N) is 1. The Morgan fingerprint density at radius 1 is 1.30 bits per heavy atom. The van der Waals surface area contributed by atoms with E-state index >= 15 is 0 Å². The summed E-state index contributed by atoms with van der Waals surface area (Å²) in [5.41, 5.74) is 8.13. The van der Waals surface area contributed by atoms with Crippen LogP contribution >= 0.6 is 11.6 Å². The number of anilines is 1. The minimum Gasteiger partial charge on any atom is -0.496 e. The van der Waals surface area contributed by atoms with E-state index in [1.54, 1.807) is 19.2 Å². The molecule has 0 aliphatic carbocycles. The molecule has 158 valence electrons. The Hall–Kier alpha value is -2.48. The quantitative estimate of drug-likeness (QED) is 0.618. The van der Waals surface area contributed by atoms with Crippen molar-refractivity contribution < 1.29 is 13.9 Å². The van der Waals surface area contributed by atoms with E-state index in [1.807, 2.05) is 12.1 Å². The summed E-state index contributed by atoms with van der Waals surface area (Å²) < 4.78 is 25.5. The van der Waals surface area contributed by atoms with Crippen LogP contribution in [0.1, 0.15) is 24.0 Å². The van der Waals surface area contributed by atoms with Crippen molar-refractivity contribution in [2.75, 3.05) is 32.5 Å². The summed E-state index contributed by atoms with van der Waals surface area (Å²) in [4.78, 5) is 8.35. The molecule has 0 radical (unpaired) electrons. The van der Waals surface area contributed by atoms with Gasteiger partial charge in [0.25, 0.3) is 0 Å². The minimum atomic E-state index is -0.554. The van der Waals surface area contributed by atoms with Gasteiger partial charge in [-0.25, -0.2) is 14.4 Å². The largest absolute Gasteiger partial charge is 0.496 e. The third-order valence-corrected chi connectivity index (χ3v) is 5.90. The van der Waals surface area contributed by atoms with Gasteiger partial charge in [0.05, 0.1) is 24.3 Å². The Bertz CT molecular complexity index is 1060. The van der Waals surface area contributed by atoms with Gasteiger partial charge in [0.15, 0.2) is 0 Å². The lowest BCUT2D eigenvalue weighted by Gasteiger charge is -2.38. The lowest BCUT2D eigenvalue weighted by Crippen LogP contribution is -2.47. The molecule has 1 fully saturated rings. The standard InChI is InChI=1S/C22H24ClFN4O2/c1-29-20-11-19-16(21(25)28-13-27-19)9-14(20)3-2-6-22(12-26-7-8-30-22)15-4-5-18(24)17(23)10-15/h4-5,9-11,13,26H,2-3,6-8,12H2,1H3,(H2,25,27,28). The van der Waals surface area contributed by atoms with Gasteiger partial charge in [0.1, 0.15) is 29.3 Å². The second-order valence-electron chi connectivity index (χ2n) is 7.44. The van der Waals surface area contributed by atoms with Crippen molar-refractivity contribution >= 4 is 28.3 Å². The Kier molecular flexibility index (Phi) is 6.04. The van der Waals surface area contributed by atoms with Crippen molar-refractivity contribution in [1.29, 1.82) is 0 Å². The lowest BCUT2D eigenvalue weighted by molar-refractivity contribution is -0.0779. The summed E-state index contributed by atoms with van der Waals surface area (Å²) in [5, 5.41) is 4.31. The topological polar surface area (TPSA) is 82.3 Å². The fraction of sp³-hybridized carbons (Fsp3) is 0.364. The number of halogens is 2. The predicted octanol–water partition coefficient (Wildman–Crippen LogP) is 3.85. The van der Waals surface area contributed by atoms with Crippen LogP contribution in [0.15, 0.2) is 36.7 Å². The normalized spacial score (nSPS) is 19.2.